The number of benzene rings is 1. The summed E-state index contributed by atoms with van der Waals surface area (Å²) in [4.78, 5) is 24.7. The molecular weight excluding hydrogens is 381 g/mol. The Bertz CT molecular complexity index is 908. The van der Waals surface area contributed by atoms with Gasteiger partial charge >= 0.3 is 0 Å². The van der Waals surface area contributed by atoms with Crippen LogP contribution >= 0.6 is 0 Å². The zero-order valence-electron chi connectivity index (χ0n) is 18.0. The van der Waals surface area contributed by atoms with Crippen LogP contribution in [-0.4, -0.2) is 46.5 Å². The first-order valence-electron chi connectivity index (χ1n) is 10.5. The number of hydrogen-bond acceptors (Lipinski definition) is 5. The molecular formula is C23H30FN5O. The Morgan fingerprint density at radius 1 is 1.33 bits per heavy atom. The summed E-state index contributed by atoms with van der Waals surface area (Å²) in [5, 5.41) is 3.34. The number of amides is 1. The number of halogens is 1. The first-order valence-corrected chi connectivity index (χ1v) is 10.5. The van der Waals surface area contributed by atoms with Gasteiger partial charge in [0.1, 0.15) is 5.69 Å². The molecule has 1 fully saturated rings. The summed E-state index contributed by atoms with van der Waals surface area (Å²) in [7, 11) is 0. The van der Waals surface area contributed by atoms with E-state index in [1.54, 1.807) is 17.0 Å². The molecule has 7 heteroatoms. The van der Waals surface area contributed by atoms with Gasteiger partial charge in [0, 0.05) is 49.0 Å². The standard InChI is InChI=1S/C23H30FN5O/c1-5-21(30)29(6-2)19-9-7-8-17(14-19)22-20(24)15-25-23(27-22)26-18-10-12-28(13-11-18)16(3)4/h7-9,14-15,18H,3,5-6,10-13H2,1-2,4H3,(H,25,26,27). The van der Waals surface area contributed by atoms with Crippen molar-refractivity contribution >= 4 is 17.5 Å². The number of anilines is 2. The fourth-order valence-corrected chi connectivity index (χ4v) is 3.74. The number of rotatable bonds is 7. The topological polar surface area (TPSA) is 61.4 Å². The molecule has 1 N–H and O–H groups in total. The summed E-state index contributed by atoms with van der Waals surface area (Å²) in [6.07, 6.45) is 3.51. The van der Waals surface area contributed by atoms with E-state index in [-0.39, 0.29) is 17.6 Å². The van der Waals surface area contributed by atoms with Crippen LogP contribution in [0.15, 0.2) is 42.7 Å². The average molecular weight is 412 g/mol. The Labute approximate surface area is 177 Å². The fraction of sp³-hybridized carbons (Fsp3) is 0.435. The summed E-state index contributed by atoms with van der Waals surface area (Å²) < 4.78 is 14.6. The number of carbonyl (C=O) groups excluding carboxylic acids is 1. The molecule has 1 aromatic heterocycles. The van der Waals surface area contributed by atoms with Crippen LogP contribution in [0.3, 0.4) is 0 Å². The highest BCUT2D eigenvalue weighted by Crippen LogP contribution is 2.27. The lowest BCUT2D eigenvalue weighted by Crippen LogP contribution is -2.38. The van der Waals surface area contributed by atoms with Gasteiger partial charge in [0.15, 0.2) is 5.82 Å². The predicted octanol–water partition coefficient (Wildman–Crippen LogP) is 4.46. The van der Waals surface area contributed by atoms with Crippen molar-refractivity contribution in [2.45, 2.75) is 46.1 Å². The van der Waals surface area contributed by atoms with E-state index in [0.29, 0.717) is 24.5 Å². The fourth-order valence-electron chi connectivity index (χ4n) is 3.74. The number of nitrogens with zero attached hydrogens (tertiary/aromatic N) is 4. The molecule has 0 aliphatic carbocycles. The van der Waals surface area contributed by atoms with Gasteiger partial charge in [0.05, 0.1) is 6.20 Å². The van der Waals surface area contributed by atoms with E-state index in [1.807, 2.05) is 32.9 Å². The Kier molecular flexibility index (Phi) is 7.03. The highest BCUT2D eigenvalue weighted by atomic mass is 19.1. The van der Waals surface area contributed by atoms with Gasteiger partial charge in [0.25, 0.3) is 0 Å². The molecule has 0 spiro atoms. The molecule has 0 bridgehead atoms. The molecule has 2 heterocycles. The lowest BCUT2D eigenvalue weighted by molar-refractivity contribution is -0.118. The number of piperidine rings is 1. The van der Waals surface area contributed by atoms with Gasteiger partial charge < -0.3 is 15.1 Å². The Hall–Kier alpha value is -2.96. The number of likely N-dealkylation sites (tertiary alicyclic amines) is 1. The van der Waals surface area contributed by atoms with E-state index in [2.05, 4.69) is 26.8 Å². The quantitative estimate of drug-likeness (QED) is 0.729. The van der Waals surface area contributed by atoms with E-state index in [9.17, 15) is 9.18 Å². The van der Waals surface area contributed by atoms with Crippen LogP contribution in [0.5, 0.6) is 0 Å². The van der Waals surface area contributed by atoms with E-state index in [1.165, 1.54) is 6.20 Å². The highest BCUT2D eigenvalue weighted by Gasteiger charge is 2.20. The Morgan fingerprint density at radius 3 is 2.70 bits per heavy atom. The van der Waals surface area contributed by atoms with Crippen molar-refractivity contribution in [2.24, 2.45) is 0 Å². The summed E-state index contributed by atoms with van der Waals surface area (Å²) in [5.74, 6) is -0.0384. The summed E-state index contributed by atoms with van der Waals surface area (Å²) in [6, 6.07) is 7.52. The van der Waals surface area contributed by atoms with E-state index in [4.69, 9.17) is 0 Å². The van der Waals surface area contributed by atoms with E-state index < -0.39 is 5.82 Å². The van der Waals surface area contributed by atoms with Crippen molar-refractivity contribution in [3.05, 3.63) is 48.6 Å². The molecule has 0 radical (unpaired) electrons. The van der Waals surface area contributed by atoms with Crippen LogP contribution in [0.25, 0.3) is 11.3 Å². The maximum absolute atomic E-state index is 14.6. The van der Waals surface area contributed by atoms with Gasteiger partial charge in [-0.3, -0.25) is 4.79 Å². The van der Waals surface area contributed by atoms with Crippen molar-refractivity contribution in [1.29, 1.82) is 0 Å². The first-order chi connectivity index (χ1) is 14.4. The molecule has 1 amide bonds. The van der Waals surface area contributed by atoms with Crippen molar-refractivity contribution in [3.63, 3.8) is 0 Å². The third kappa shape index (κ3) is 4.96. The van der Waals surface area contributed by atoms with Crippen LogP contribution < -0.4 is 10.2 Å². The molecule has 2 aromatic rings. The second-order valence-electron chi connectivity index (χ2n) is 7.57. The second kappa shape index (κ2) is 9.69. The maximum atomic E-state index is 14.6. The summed E-state index contributed by atoms with van der Waals surface area (Å²) in [5.41, 5.74) is 2.67. The van der Waals surface area contributed by atoms with Gasteiger partial charge in [-0.1, -0.05) is 25.6 Å². The predicted molar refractivity (Wildman–Crippen MR) is 119 cm³/mol. The molecule has 1 saturated heterocycles. The minimum atomic E-state index is -0.486. The minimum Gasteiger partial charge on any atom is -0.375 e. The molecule has 0 atom stereocenters. The number of hydrogen-bond donors (Lipinski definition) is 1. The third-order valence-electron chi connectivity index (χ3n) is 5.46. The van der Waals surface area contributed by atoms with Gasteiger partial charge in [0.2, 0.25) is 11.9 Å². The van der Waals surface area contributed by atoms with Gasteiger partial charge in [-0.05, 0) is 38.8 Å². The molecule has 30 heavy (non-hydrogen) atoms. The van der Waals surface area contributed by atoms with Crippen molar-refractivity contribution in [1.82, 2.24) is 14.9 Å². The summed E-state index contributed by atoms with van der Waals surface area (Å²) >= 11 is 0. The van der Waals surface area contributed by atoms with Gasteiger partial charge in [-0.15, -0.1) is 0 Å². The van der Waals surface area contributed by atoms with Crippen LogP contribution in [0.2, 0.25) is 0 Å². The zero-order chi connectivity index (χ0) is 21.7. The number of aromatic nitrogens is 2. The van der Waals surface area contributed by atoms with Crippen LogP contribution in [-0.2, 0) is 4.79 Å². The van der Waals surface area contributed by atoms with E-state index in [0.717, 1.165) is 37.3 Å². The monoisotopic (exact) mass is 411 g/mol. The van der Waals surface area contributed by atoms with E-state index >= 15 is 0 Å². The third-order valence-corrected chi connectivity index (χ3v) is 5.46. The molecule has 0 unspecified atom stereocenters. The van der Waals surface area contributed by atoms with Crippen LogP contribution in [0, 0.1) is 5.82 Å². The largest absolute Gasteiger partial charge is 0.375 e. The first kappa shape index (κ1) is 21.7. The lowest BCUT2D eigenvalue weighted by Gasteiger charge is -2.34. The number of carbonyl (C=O) groups is 1. The summed E-state index contributed by atoms with van der Waals surface area (Å²) in [6.45, 7) is 12.2. The second-order valence-corrected chi connectivity index (χ2v) is 7.57. The molecule has 0 saturated carbocycles. The van der Waals surface area contributed by atoms with Crippen molar-refractivity contribution in [2.75, 3.05) is 29.9 Å². The molecule has 6 nitrogen and oxygen atoms in total. The highest BCUT2D eigenvalue weighted by molar-refractivity contribution is 5.93. The SMILES string of the molecule is C=C(C)N1CCC(Nc2ncc(F)c(-c3cccc(N(CC)C(=O)CC)c3)n2)CC1. The molecule has 3 rings (SSSR count). The van der Waals surface area contributed by atoms with Crippen molar-refractivity contribution < 1.29 is 9.18 Å². The molecule has 160 valence electrons. The lowest BCUT2D eigenvalue weighted by atomic mass is 10.0. The van der Waals surface area contributed by atoms with Gasteiger partial charge in [-0.2, -0.15) is 0 Å². The minimum absolute atomic E-state index is 0.0290. The smallest absolute Gasteiger partial charge is 0.226 e. The Morgan fingerprint density at radius 2 is 2.07 bits per heavy atom. The van der Waals surface area contributed by atoms with Gasteiger partial charge in [-0.25, -0.2) is 14.4 Å². The number of nitrogens with one attached hydrogen (secondary N) is 1. The molecule has 1 aliphatic heterocycles. The number of allylic oxidation sites excluding steroid dienone is 1. The maximum Gasteiger partial charge on any atom is 0.226 e. The average Bonchev–Trinajstić information content (AvgIpc) is 2.76. The van der Waals surface area contributed by atoms with Crippen LogP contribution in [0.1, 0.15) is 40.0 Å². The molecule has 1 aromatic carbocycles. The normalized spacial score (nSPS) is 14.5. The molecule has 1 aliphatic rings. The van der Waals surface area contributed by atoms with Crippen LogP contribution in [0.4, 0.5) is 16.0 Å². The van der Waals surface area contributed by atoms with Crippen molar-refractivity contribution in [3.8, 4) is 11.3 Å². The Balaban J connectivity index is 1.80. The zero-order valence-corrected chi connectivity index (χ0v) is 18.0.